The Morgan fingerprint density at radius 3 is 1.73 bits per heavy atom. The number of nitrogens with zero attached hydrogens (tertiary/aromatic N) is 1. The maximum absolute atomic E-state index is 5.89. The van der Waals surface area contributed by atoms with Crippen molar-refractivity contribution in [3.05, 3.63) is 0 Å². The molecule has 0 N–H and O–H groups in total. The second-order valence-electron chi connectivity index (χ2n) is 7.54. The van der Waals surface area contributed by atoms with Gasteiger partial charge in [-0.05, 0) is 12.8 Å². The predicted octanol–water partition coefficient (Wildman–Crippen LogP) is 2.51. The van der Waals surface area contributed by atoms with Crippen LogP contribution in [-0.2, 0) is 4.74 Å². The first kappa shape index (κ1) is 22.2. The van der Waals surface area contributed by atoms with E-state index in [0.29, 0.717) is 12.3 Å². The molecule has 1 aliphatic heterocycles. The molecule has 0 spiro atoms. The van der Waals surface area contributed by atoms with Gasteiger partial charge in [-0.25, -0.2) is 0 Å². The number of rotatable bonds is 14. The zero-order valence-corrected chi connectivity index (χ0v) is 16.3. The lowest BCUT2D eigenvalue weighted by molar-refractivity contribution is -0.911. The normalized spacial score (nSPS) is 20.7. The second kappa shape index (κ2) is 12.6. The van der Waals surface area contributed by atoms with Crippen LogP contribution in [0.25, 0.3) is 0 Å². The molecule has 0 aromatic heterocycles. The molecule has 2 atom stereocenters. The maximum Gasteiger partial charge on any atom is 0.220 e. The molecule has 1 heterocycles. The Hall–Kier alpha value is 0.210. The summed E-state index contributed by atoms with van der Waals surface area (Å²) in [6.07, 6.45) is 17.8. The van der Waals surface area contributed by atoms with Crippen LogP contribution in [-0.4, -0.2) is 37.5 Å². The van der Waals surface area contributed by atoms with Crippen LogP contribution >= 0.6 is 0 Å². The van der Waals surface area contributed by atoms with E-state index < -0.39 is 0 Å². The molecule has 0 saturated carbocycles. The molecule has 0 amide bonds. The Labute approximate surface area is 146 Å². The van der Waals surface area contributed by atoms with E-state index in [-0.39, 0.29) is 12.4 Å². The van der Waals surface area contributed by atoms with Crippen molar-refractivity contribution in [3.8, 4) is 0 Å². The monoisotopic (exact) mass is 333 g/mol. The van der Waals surface area contributed by atoms with Gasteiger partial charge < -0.3 is 21.6 Å². The van der Waals surface area contributed by atoms with Crippen molar-refractivity contribution in [2.75, 3.05) is 20.6 Å². The lowest BCUT2D eigenvalue weighted by Gasteiger charge is -2.27. The third-order valence-corrected chi connectivity index (χ3v) is 4.89. The third-order valence-electron chi connectivity index (χ3n) is 4.89. The van der Waals surface area contributed by atoms with Crippen LogP contribution in [0.5, 0.6) is 0 Å². The zero-order chi connectivity index (χ0) is 15.6. The van der Waals surface area contributed by atoms with Crippen molar-refractivity contribution in [1.82, 2.24) is 0 Å². The number of quaternary nitrogens is 1. The van der Waals surface area contributed by atoms with Crippen molar-refractivity contribution in [2.24, 2.45) is 0 Å². The lowest BCUT2D eigenvalue weighted by Crippen LogP contribution is -3.00. The summed E-state index contributed by atoms with van der Waals surface area (Å²) in [5.41, 5.74) is 0. The second-order valence-corrected chi connectivity index (χ2v) is 7.54. The first-order valence-corrected chi connectivity index (χ1v) is 9.60. The molecule has 3 heteroatoms. The first-order chi connectivity index (χ1) is 10.1. The predicted molar refractivity (Wildman–Crippen MR) is 92.4 cm³/mol. The number of hydrogen-bond acceptors (Lipinski definition) is 1. The quantitative estimate of drug-likeness (QED) is 0.270. The molecular weight excluding hydrogens is 294 g/mol. The minimum atomic E-state index is 0. The Balaban J connectivity index is 0.00000441. The molecule has 0 radical (unpaired) electrons. The fourth-order valence-electron chi connectivity index (χ4n) is 3.50. The summed E-state index contributed by atoms with van der Waals surface area (Å²) in [5.74, 6) is 0. The molecule has 0 aromatic rings. The van der Waals surface area contributed by atoms with E-state index in [1.54, 1.807) is 0 Å². The van der Waals surface area contributed by atoms with Crippen LogP contribution in [0.3, 0.4) is 0 Å². The number of unbranched alkanes of at least 4 members (excludes halogenated alkanes) is 9. The fourth-order valence-corrected chi connectivity index (χ4v) is 3.50. The minimum absolute atomic E-state index is 0. The van der Waals surface area contributed by atoms with Gasteiger partial charge >= 0.3 is 0 Å². The summed E-state index contributed by atoms with van der Waals surface area (Å²) >= 11 is 0. The maximum atomic E-state index is 5.89. The summed E-state index contributed by atoms with van der Waals surface area (Å²) < 4.78 is 6.94. The van der Waals surface area contributed by atoms with E-state index in [0.717, 1.165) is 4.48 Å². The van der Waals surface area contributed by atoms with Gasteiger partial charge in [0.1, 0.15) is 6.10 Å². The topological polar surface area (TPSA) is 12.5 Å². The minimum Gasteiger partial charge on any atom is -1.00 e. The molecule has 0 bridgehead atoms. The van der Waals surface area contributed by atoms with Crippen molar-refractivity contribution in [1.29, 1.82) is 0 Å². The molecule has 1 aliphatic rings. The Kier molecular flexibility index (Phi) is 12.7. The molecule has 22 heavy (non-hydrogen) atoms. The Morgan fingerprint density at radius 1 is 0.727 bits per heavy atom. The summed E-state index contributed by atoms with van der Waals surface area (Å²) in [6.45, 7) is 5.79. The molecule has 134 valence electrons. The highest BCUT2D eigenvalue weighted by atomic mass is 35.5. The standard InChI is InChI=1S/C19H40NO.ClH/c1-5-7-8-9-10-11-12-13-14-15-16-18-19(21-18)20(3,4)17-6-2;/h18-19H,5-17H2,1-4H3;1H/q+1;/p-1. The number of hydrogen-bond donors (Lipinski definition) is 0. The summed E-state index contributed by atoms with van der Waals surface area (Å²) in [6, 6.07) is 0. The van der Waals surface area contributed by atoms with Crippen LogP contribution in [0.2, 0.25) is 0 Å². The van der Waals surface area contributed by atoms with Gasteiger partial charge in [-0.1, -0.05) is 78.1 Å². The molecule has 1 saturated heterocycles. The van der Waals surface area contributed by atoms with E-state index >= 15 is 0 Å². The molecular formula is C19H40ClNO. The number of epoxide rings is 1. The highest BCUT2D eigenvalue weighted by Gasteiger charge is 2.50. The van der Waals surface area contributed by atoms with Gasteiger partial charge in [-0.2, -0.15) is 0 Å². The molecule has 0 aromatic carbocycles. The molecule has 0 aliphatic carbocycles. The first-order valence-electron chi connectivity index (χ1n) is 9.60. The fraction of sp³-hybridized carbons (Fsp3) is 1.00. The van der Waals surface area contributed by atoms with E-state index in [4.69, 9.17) is 4.74 Å². The lowest BCUT2D eigenvalue weighted by atomic mass is 10.1. The molecule has 2 nitrogen and oxygen atoms in total. The van der Waals surface area contributed by atoms with Gasteiger partial charge in [0.25, 0.3) is 0 Å². The van der Waals surface area contributed by atoms with Gasteiger partial charge in [0.05, 0.1) is 20.6 Å². The zero-order valence-electron chi connectivity index (χ0n) is 15.6. The van der Waals surface area contributed by atoms with Crippen molar-refractivity contribution >= 4 is 0 Å². The number of likely N-dealkylation sites (N-methyl/N-ethyl adjacent to an activating group) is 1. The number of halogens is 1. The van der Waals surface area contributed by atoms with Crippen LogP contribution < -0.4 is 12.4 Å². The molecule has 2 unspecified atom stereocenters. The van der Waals surface area contributed by atoms with Gasteiger partial charge in [-0.3, -0.25) is 0 Å². The summed E-state index contributed by atoms with van der Waals surface area (Å²) in [7, 11) is 4.62. The van der Waals surface area contributed by atoms with Crippen LogP contribution in [0, 0.1) is 0 Å². The van der Waals surface area contributed by atoms with E-state index in [1.165, 1.54) is 83.6 Å². The van der Waals surface area contributed by atoms with E-state index in [2.05, 4.69) is 27.9 Å². The van der Waals surface area contributed by atoms with Crippen LogP contribution in [0.4, 0.5) is 0 Å². The van der Waals surface area contributed by atoms with Crippen LogP contribution in [0.15, 0.2) is 0 Å². The van der Waals surface area contributed by atoms with Crippen molar-refractivity contribution < 1.29 is 21.6 Å². The van der Waals surface area contributed by atoms with Gasteiger partial charge in [-0.15, -0.1) is 0 Å². The van der Waals surface area contributed by atoms with Crippen molar-refractivity contribution in [2.45, 2.75) is 103 Å². The largest absolute Gasteiger partial charge is 1.00 e. The highest BCUT2D eigenvalue weighted by Crippen LogP contribution is 2.33. The smallest absolute Gasteiger partial charge is 0.220 e. The molecule has 1 fully saturated rings. The highest BCUT2D eigenvalue weighted by molar-refractivity contribution is 4.77. The van der Waals surface area contributed by atoms with Crippen LogP contribution in [0.1, 0.15) is 90.9 Å². The number of ether oxygens (including phenoxy) is 1. The average Bonchev–Trinajstić information content (AvgIpc) is 3.21. The average molecular weight is 334 g/mol. The Morgan fingerprint density at radius 2 is 1.23 bits per heavy atom. The molecule has 1 rings (SSSR count). The third kappa shape index (κ3) is 9.37. The van der Waals surface area contributed by atoms with Crippen molar-refractivity contribution in [3.63, 3.8) is 0 Å². The SMILES string of the molecule is CCCCCCCCCCCCC1OC1[N+](C)(C)CCC.[Cl-]. The van der Waals surface area contributed by atoms with E-state index in [9.17, 15) is 0 Å². The Bertz CT molecular complexity index is 258. The summed E-state index contributed by atoms with van der Waals surface area (Å²) in [4.78, 5) is 0. The van der Waals surface area contributed by atoms with Gasteiger partial charge in [0, 0.05) is 0 Å². The van der Waals surface area contributed by atoms with Gasteiger partial charge in [0.15, 0.2) is 0 Å². The van der Waals surface area contributed by atoms with Gasteiger partial charge in [0.2, 0.25) is 6.23 Å². The summed E-state index contributed by atoms with van der Waals surface area (Å²) in [5, 5.41) is 0. The van der Waals surface area contributed by atoms with E-state index in [1.807, 2.05) is 0 Å².